The fourth-order valence-corrected chi connectivity index (χ4v) is 1.56. The summed E-state index contributed by atoms with van der Waals surface area (Å²) in [5.74, 6) is -20.8. The molecule has 0 aliphatic carbocycles. The lowest BCUT2D eigenvalue weighted by Gasteiger charge is -2.37. The highest BCUT2D eigenvalue weighted by atomic mass is 19.4. The highest BCUT2D eigenvalue weighted by Gasteiger charge is 2.80. The van der Waals surface area contributed by atoms with Crippen LogP contribution >= 0.6 is 0 Å². The number of hydrogen-bond donors (Lipinski definition) is 0. The lowest BCUT2D eigenvalue weighted by atomic mass is 9.76. The molecule has 0 fully saturated rings. The van der Waals surface area contributed by atoms with Crippen LogP contribution in [0.15, 0.2) is 0 Å². The maximum absolute atomic E-state index is 13.7. The average molecular weight is 394 g/mol. The molecule has 0 aromatic heterocycles. The third-order valence-corrected chi connectivity index (χ3v) is 3.05. The third kappa shape index (κ3) is 3.72. The number of alkyl halides is 12. The topological polar surface area (TPSA) is 47.6 Å². The number of halogens is 12. The van der Waals surface area contributed by atoms with Crippen LogP contribution in [0.1, 0.15) is 6.42 Å². The van der Waals surface area contributed by atoms with E-state index in [1.54, 1.807) is 0 Å². The van der Waals surface area contributed by atoms with E-state index in [1.807, 2.05) is 0 Å². The first-order valence-electron chi connectivity index (χ1n) is 5.85. The first-order valence-corrected chi connectivity index (χ1v) is 5.85. The molecule has 0 radical (unpaired) electrons. The summed E-state index contributed by atoms with van der Waals surface area (Å²) in [6.07, 6.45) is -20.5. The molecule has 0 N–H and O–H groups in total. The maximum Gasteiger partial charge on any atom is 0.380 e. The van der Waals surface area contributed by atoms with Gasteiger partial charge in [0.15, 0.2) is 11.6 Å². The van der Waals surface area contributed by atoms with Gasteiger partial charge in [-0.3, -0.25) is 0 Å². The van der Waals surface area contributed by atoms with Crippen molar-refractivity contribution in [3.63, 3.8) is 0 Å². The van der Waals surface area contributed by atoms with Crippen molar-refractivity contribution >= 4 is 0 Å². The monoisotopic (exact) mass is 394 g/mol. The normalized spacial score (nSPS) is 16.5. The Bertz CT molecular complexity index is 532. The van der Waals surface area contributed by atoms with Gasteiger partial charge in [-0.2, -0.15) is 36.9 Å². The van der Waals surface area contributed by atoms with E-state index >= 15 is 0 Å². The average Bonchev–Trinajstić information content (AvgIpc) is 2.50. The van der Waals surface area contributed by atoms with Gasteiger partial charge in [-0.1, -0.05) is 0 Å². The molecular formula is C11H6F12N2. The minimum atomic E-state index is -7.14. The second-order valence-electron chi connectivity index (χ2n) is 4.73. The number of nitriles is 2. The lowest BCUT2D eigenvalue weighted by molar-refractivity contribution is -0.355. The molecule has 0 amide bonds. The Morgan fingerprint density at radius 3 is 1.40 bits per heavy atom. The second-order valence-corrected chi connectivity index (χ2v) is 4.73. The lowest BCUT2D eigenvalue weighted by Crippen LogP contribution is -2.63. The van der Waals surface area contributed by atoms with Crippen molar-refractivity contribution in [2.24, 2.45) is 5.41 Å². The van der Waals surface area contributed by atoms with Crippen LogP contribution in [0.4, 0.5) is 52.7 Å². The number of nitrogens with zero attached hydrogens (tertiary/aromatic N) is 2. The Morgan fingerprint density at radius 1 is 0.720 bits per heavy atom. The molecule has 2 unspecified atom stereocenters. The molecule has 0 heterocycles. The molecule has 14 heteroatoms. The summed E-state index contributed by atoms with van der Waals surface area (Å²) in [4.78, 5) is 0. The van der Waals surface area contributed by atoms with E-state index in [0.717, 1.165) is 0 Å². The molecule has 25 heavy (non-hydrogen) atoms. The van der Waals surface area contributed by atoms with Gasteiger partial charge in [0.05, 0.1) is 12.1 Å². The Kier molecular flexibility index (Phi) is 6.64. The van der Waals surface area contributed by atoms with Gasteiger partial charge < -0.3 is 0 Å². The van der Waals surface area contributed by atoms with Gasteiger partial charge >= 0.3 is 24.2 Å². The quantitative estimate of drug-likeness (QED) is 0.569. The fraction of sp³-hybridized carbons (Fsp3) is 0.818. The van der Waals surface area contributed by atoms with E-state index in [4.69, 9.17) is 10.5 Å². The Balaban J connectivity index is 6.13. The molecule has 0 rings (SSSR count). The van der Waals surface area contributed by atoms with Crippen molar-refractivity contribution in [1.29, 1.82) is 10.5 Å². The van der Waals surface area contributed by atoms with Crippen LogP contribution < -0.4 is 0 Å². The van der Waals surface area contributed by atoms with Crippen molar-refractivity contribution in [3.8, 4) is 12.1 Å². The highest BCUT2D eigenvalue weighted by Crippen LogP contribution is 2.54. The minimum Gasteiger partial charge on any atom is -0.241 e. The summed E-state index contributed by atoms with van der Waals surface area (Å²) in [5, 5.41) is 17.0. The molecule has 0 aromatic rings. The van der Waals surface area contributed by atoms with Crippen molar-refractivity contribution in [2.45, 2.75) is 49.4 Å². The molecule has 2 nitrogen and oxygen atoms in total. The third-order valence-electron chi connectivity index (χ3n) is 3.05. The first kappa shape index (κ1) is 23.1. The standard InChI is InChI=1S/C11H6F12N2/c12-4(5(13)14)1-8(2-24,3-25)6(15)9(18,19)11(22,23)10(20,21)7(16)17/h4-7H,1H2. The van der Waals surface area contributed by atoms with Crippen LogP contribution in [-0.4, -0.2) is 43.0 Å². The van der Waals surface area contributed by atoms with E-state index in [9.17, 15) is 52.7 Å². The van der Waals surface area contributed by atoms with Gasteiger partial charge in [0.1, 0.15) is 0 Å². The molecular weight excluding hydrogens is 388 g/mol. The predicted molar refractivity (Wildman–Crippen MR) is 54.9 cm³/mol. The molecule has 0 aromatic carbocycles. The number of rotatable bonds is 8. The highest BCUT2D eigenvalue weighted by molar-refractivity contribution is 5.23. The van der Waals surface area contributed by atoms with Crippen molar-refractivity contribution in [2.75, 3.05) is 0 Å². The fourth-order valence-electron chi connectivity index (χ4n) is 1.56. The maximum atomic E-state index is 13.7. The van der Waals surface area contributed by atoms with E-state index in [-0.39, 0.29) is 12.1 Å². The van der Waals surface area contributed by atoms with Crippen LogP contribution in [0.2, 0.25) is 0 Å². The van der Waals surface area contributed by atoms with Gasteiger partial charge in [-0.25, -0.2) is 26.3 Å². The van der Waals surface area contributed by atoms with Gasteiger partial charge in [0.2, 0.25) is 6.17 Å². The minimum absolute atomic E-state index is 0.255. The summed E-state index contributed by atoms with van der Waals surface area (Å²) < 4.78 is 153. The second kappa shape index (κ2) is 7.17. The Labute approximate surface area is 131 Å². The van der Waals surface area contributed by atoms with Crippen LogP contribution in [-0.2, 0) is 0 Å². The van der Waals surface area contributed by atoms with Crippen molar-refractivity contribution in [3.05, 3.63) is 0 Å². The first-order chi connectivity index (χ1) is 11.0. The molecule has 144 valence electrons. The van der Waals surface area contributed by atoms with Crippen LogP contribution in [0, 0.1) is 28.1 Å². The number of hydrogen-bond acceptors (Lipinski definition) is 2. The van der Waals surface area contributed by atoms with E-state index in [0.29, 0.717) is 0 Å². The van der Waals surface area contributed by atoms with E-state index < -0.39 is 54.8 Å². The molecule has 0 spiro atoms. The van der Waals surface area contributed by atoms with Gasteiger partial charge in [-0.15, -0.1) is 0 Å². The van der Waals surface area contributed by atoms with Crippen molar-refractivity contribution < 1.29 is 52.7 Å². The van der Waals surface area contributed by atoms with E-state index in [1.165, 1.54) is 0 Å². The Morgan fingerprint density at radius 2 is 1.12 bits per heavy atom. The molecule has 0 saturated carbocycles. The van der Waals surface area contributed by atoms with Gasteiger partial charge in [0.25, 0.3) is 6.43 Å². The zero-order valence-electron chi connectivity index (χ0n) is 11.4. The molecule has 0 bridgehead atoms. The van der Waals surface area contributed by atoms with Crippen molar-refractivity contribution in [1.82, 2.24) is 0 Å². The predicted octanol–water partition coefficient (Wildman–Crippen LogP) is 4.52. The molecule has 0 saturated heterocycles. The van der Waals surface area contributed by atoms with Gasteiger partial charge in [0, 0.05) is 6.42 Å². The van der Waals surface area contributed by atoms with Gasteiger partial charge in [-0.05, 0) is 0 Å². The zero-order chi connectivity index (χ0) is 20.4. The summed E-state index contributed by atoms with van der Waals surface area (Å²) in [7, 11) is 0. The van der Waals surface area contributed by atoms with E-state index in [2.05, 4.69) is 0 Å². The Hall–Kier alpha value is -1.86. The zero-order valence-corrected chi connectivity index (χ0v) is 11.4. The molecule has 0 aliphatic rings. The summed E-state index contributed by atoms with van der Waals surface area (Å²) in [5.41, 5.74) is -4.28. The summed E-state index contributed by atoms with van der Waals surface area (Å²) in [6.45, 7) is 0. The van der Waals surface area contributed by atoms with Crippen LogP contribution in [0.25, 0.3) is 0 Å². The largest absolute Gasteiger partial charge is 0.380 e. The summed E-state index contributed by atoms with van der Waals surface area (Å²) >= 11 is 0. The molecule has 2 atom stereocenters. The SMILES string of the molecule is N#CC(C#N)(CC(F)C(F)F)C(F)C(F)(F)C(F)(F)C(F)(F)C(F)F. The molecule has 0 aliphatic heterocycles. The summed E-state index contributed by atoms with van der Waals surface area (Å²) in [6, 6.07) is 0.509. The van der Waals surface area contributed by atoms with Crippen LogP contribution in [0.3, 0.4) is 0 Å². The van der Waals surface area contributed by atoms with Crippen LogP contribution in [0.5, 0.6) is 0 Å². The smallest absolute Gasteiger partial charge is 0.241 e.